The van der Waals surface area contributed by atoms with E-state index in [1.807, 2.05) is 6.26 Å². The van der Waals surface area contributed by atoms with Gasteiger partial charge in [0.15, 0.2) is 5.65 Å². The quantitative estimate of drug-likeness (QED) is 0.217. The average molecular weight is 544 g/mol. The van der Waals surface area contributed by atoms with Gasteiger partial charge in [-0.1, -0.05) is 0 Å². The number of hydrogen-bond acceptors (Lipinski definition) is 8. The molecular weight excluding hydrogens is 516 g/mol. The van der Waals surface area contributed by atoms with Crippen molar-refractivity contribution in [2.75, 3.05) is 37.9 Å². The zero-order valence-electron chi connectivity index (χ0n) is 20.6. The highest BCUT2D eigenvalue weighted by molar-refractivity contribution is 7.98. The number of anilines is 1. The number of nitrogens with one attached hydrogen (secondary N) is 2. The van der Waals surface area contributed by atoms with Crippen LogP contribution in [0.15, 0.2) is 53.9 Å². The Morgan fingerprint density at radius 2 is 2.26 bits per heavy atom. The van der Waals surface area contributed by atoms with Crippen LogP contribution in [0.1, 0.15) is 16.8 Å². The molecule has 0 unspecified atom stereocenters. The second kappa shape index (κ2) is 11.9. The highest BCUT2D eigenvalue weighted by Gasteiger charge is 2.22. The van der Waals surface area contributed by atoms with Crippen LogP contribution in [0.2, 0.25) is 0 Å². The lowest BCUT2D eigenvalue weighted by Crippen LogP contribution is -2.26. The second-order valence-corrected chi connectivity index (χ2v) is 9.61. The van der Waals surface area contributed by atoms with Crippen LogP contribution in [0.4, 0.5) is 14.5 Å². The summed E-state index contributed by atoms with van der Waals surface area (Å²) in [6.07, 6.45) is 9.29. The number of rotatable bonds is 11. The number of nitrogens with zero attached hydrogens (tertiary/aromatic N) is 5. The van der Waals surface area contributed by atoms with E-state index in [0.29, 0.717) is 41.6 Å². The molecule has 1 saturated heterocycles. The number of thioether (sulfide) groups is 1. The number of hydrogen-bond donors (Lipinski definition) is 2. The number of carbonyl (C=O) groups is 1. The van der Waals surface area contributed by atoms with Crippen LogP contribution in [0.5, 0.6) is 5.75 Å². The molecule has 0 spiro atoms. The van der Waals surface area contributed by atoms with E-state index in [-0.39, 0.29) is 11.3 Å². The van der Waals surface area contributed by atoms with E-state index in [9.17, 15) is 13.6 Å². The fourth-order valence-electron chi connectivity index (χ4n) is 4.27. The Labute approximate surface area is 221 Å². The lowest BCUT2D eigenvalue weighted by molar-refractivity contribution is -0.0494. The van der Waals surface area contributed by atoms with Crippen LogP contribution in [0.25, 0.3) is 16.9 Å². The molecule has 0 bridgehead atoms. The van der Waals surface area contributed by atoms with Crippen molar-refractivity contribution in [3.05, 3.63) is 54.6 Å². The molecule has 10 nitrogen and oxygen atoms in total. The van der Waals surface area contributed by atoms with E-state index in [0.717, 1.165) is 31.1 Å². The van der Waals surface area contributed by atoms with E-state index >= 15 is 0 Å². The average Bonchev–Trinajstić information content (AvgIpc) is 3.67. The van der Waals surface area contributed by atoms with Crippen molar-refractivity contribution in [3.8, 4) is 17.0 Å². The Balaban J connectivity index is 1.44. The number of fused-ring (bicyclic) bond motifs is 1. The first-order valence-electron chi connectivity index (χ1n) is 12.1. The standard InChI is InChI=1S/C25H27F2N7O3S/c1-38-17-3-4-21(37-25(26)27)18(11-17)22-20(14-33(32-22)9-7-28-12-16-5-10-36-15-16)31-24(35)19-13-30-34-8-2-6-29-23(19)34/h2-4,6,8,11,13-14,16,25,28H,5,7,9-10,12,15H2,1H3,(H,31,35)/t16-/m1/s1. The predicted molar refractivity (Wildman–Crippen MR) is 139 cm³/mol. The van der Waals surface area contributed by atoms with Gasteiger partial charge in [-0.05, 0) is 42.9 Å². The Kier molecular flexibility index (Phi) is 8.15. The number of amides is 1. The summed E-state index contributed by atoms with van der Waals surface area (Å²) in [5, 5.41) is 15.1. The molecule has 1 aliphatic rings. The van der Waals surface area contributed by atoms with Crippen molar-refractivity contribution in [2.24, 2.45) is 5.92 Å². The van der Waals surface area contributed by atoms with Crippen LogP contribution < -0.4 is 15.4 Å². The molecule has 1 aliphatic heterocycles. The highest BCUT2D eigenvalue weighted by atomic mass is 32.2. The molecular formula is C25H27F2N7O3S. The molecule has 5 rings (SSSR count). The summed E-state index contributed by atoms with van der Waals surface area (Å²) in [4.78, 5) is 18.3. The van der Waals surface area contributed by atoms with Crippen molar-refractivity contribution in [1.29, 1.82) is 0 Å². The minimum atomic E-state index is -3.01. The van der Waals surface area contributed by atoms with Gasteiger partial charge in [0.1, 0.15) is 17.0 Å². The first-order chi connectivity index (χ1) is 18.5. The summed E-state index contributed by atoms with van der Waals surface area (Å²) in [5.74, 6) is 0.00703. The number of ether oxygens (including phenoxy) is 2. The van der Waals surface area contributed by atoms with Crippen LogP contribution >= 0.6 is 11.8 Å². The molecule has 2 N–H and O–H groups in total. The van der Waals surface area contributed by atoms with E-state index in [4.69, 9.17) is 9.47 Å². The summed E-state index contributed by atoms with van der Waals surface area (Å²) in [6, 6.07) is 6.61. The molecule has 13 heteroatoms. The third-order valence-electron chi connectivity index (χ3n) is 6.17. The van der Waals surface area contributed by atoms with Crippen molar-refractivity contribution in [3.63, 3.8) is 0 Å². The molecule has 0 radical (unpaired) electrons. The van der Waals surface area contributed by atoms with Crippen molar-refractivity contribution in [2.45, 2.75) is 24.5 Å². The molecule has 4 heterocycles. The number of benzene rings is 1. The van der Waals surface area contributed by atoms with Crippen LogP contribution in [-0.4, -0.2) is 69.5 Å². The van der Waals surface area contributed by atoms with E-state index in [1.54, 1.807) is 41.5 Å². The first-order valence-corrected chi connectivity index (χ1v) is 13.3. The van der Waals surface area contributed by atoms with E-state index in [1.165, 1.54) is 28.5 Å². The molecule has 200 valence electrons. The maximum absolute atomic E-state index is 13.3. The predicted octanol–water partition coefficient (Wildman–Crippen LogP) is 3.79. The minimum absolute atomic E-state index is 0.0319. The molecule has 1 atom stereocenters. The topological polar surface area (TPSA) is 108 Å². The molecule has 4 aromatic rings. The van der Waals surface area contributed by atoms with Crippen molar-refractivity contribution in [1.82, 2.24) is 29.7 Å². The Hall–Kier alpha value is -3.55. The molecule has 0 aliphatic carbocycles. The van der Waals surface area contributed by atoms with Gasteiger partial charge in [-0.2, -0.15) is 19.0 Å². The maximum Gasteiger partial charge on any atom is 0.387 e. The number of aromatic nitrogens is 5. The fraction of sp³-hybridized carbons (Fsp3) is 0.360. The third-order valence-corrected chi connectivity index (χ3v) is 6.89. The van der Waals surface area contributed by atoms with Crippen molar-refractivity contribution < 1.29 is 23.0 Å². The lowest BCUT2D eigenvalue weighted by atomic mass is 10.1. The van der Waals surface area contributed by atoms with Gasteiger partial charge >= 0.3 is 6.61 Å². The van der Waals surface area contributed by atoms with Gasteiger partial charge in [-0.25, -0.2) is 9.50 Å². The van der Waals surface area contributed by atoms with Gasteiger partial charge in [-0.3, -0.25) is 9.48 Å². The van der Waals surface area contributed by atoms with Crippen LogP contribution in [0, 0.1) is 5.92 Å². The monoisotopic (exact) mass is 543 g/mol. The Bertz CT molecular complexity index is 1400. The Morgan fingerprint density at radius 1 is 1.37 bits per heavy atom. The van der Waals surface area contributed by atoms with Crippen LogP contribution in [0.3, 0.4) is 0 Å². The summed E-state index contributed by atoms with van der Waals surface area (Å²) < 4.78 is 39.8. The zero-order valence-corrected chi connectivity index (χ0v) is 21.5. The van der Waals surface area contributed by atoms with Gasteiger partial charge in [0.2, 0.25) is 0 Å². The normalized spacial score (nSPS) is 15.4. The van der Waals surface area contributed by atoms with Crippen molar-refractivity contribution >= 4 is 29.0 Å². The molecule has 1 aromatic carbocycles. The third kappa shape index (κ3) is 5.95. The highest BCUT2D eigenvalue weighted by Crippen LogP contribution is 2.37. The van der Waals surface area contributed by atoms with E-state index in [2.05, 4.69) is 25.8 Å². The molecule has 38 heavy (non-hydrogen) atoms. The summed E-state index contributed by atoms with van der Waals surface area (Å²) in [6.45, 7) is 0.505. The van der Waals surface area contributed by atoms with Gasteiger partial charge in [0.05, 0.1) is 25.0 Å². The minimum Gasteiger partial charge on any atom is -0.434 e. The summed E-state index contributed by atoms with van der Waals surface area (Å²) in [5.41, 5.74) is 1.68. The molecule has 3 aromatic heterocycles. The molecule has 0 saturated carbocycles. The van der Waals surface area contributed by atoms with Gasteiger partial charge in [-0.15, -0.1) is 11.8 Å². The second-order valence-electron chi connectivity index (χ2n) is 8.73. The SMILES string of the molecule is CSc1ccc(OC(F)F)c(-c2nn(CCNC[C@H]3CCOC3)cc2NC(=O)c2cnn3cccnc23)c1. The van der Waals surface area contributed by atoms with Gasteiger partial charge < -0.3 is 20.1 Å². The number of carbonyl (C=O) groups excluding carboxylic acids is 1. The van der Waals surface area contributed by atoms with Gasteiger partial charge in [0.25, 0.3) is 5.91 Å². The Morgan fingerprint density at radius 3 is 3.05 bits per heavy atom. The molecule has 1 fully saturated rings. The smallest absolute Gasteiger partial charge is 0.387 e. The van der Waals surface area contributed by atoms with E-state index < -0.39 is 12.5 Å². The zero-order chi connectivity index (χ0) is 26.5. The first kappa shape index (κ1) is 26.1. The van der Waals surface area contributed by atoms with Crippen LogP contribution in [-0.2, 0) is 11.3 Å². The summed E-state index contributed by atoms with van der Waals surface area (Å²) in [7, 11) is 0. The summed E-state index contributed by atoms with van der Waals surface area (Å²) >= 11 is 1.46. The number of halogens is 2. The maximum atomic E-state index is 13.3. The number of alkyl halides is 2. The lowest BCUT2D eigenvalue weighted by Gasteiger charge is -2.12. The largest absolute Gasteiger partial charge is 0.434 e. The fourth-order valence-corrected chi connectivity index (χ4v) is 4.71. The van der Waals surface area contributed by atoms with Gasteiger partial charge in [0, 0.05) is 48.7 Å². The molecule has 1 amide bonds.